The van der Waals surface area contributed by atoms with Crippen LogP contribution in [0, 0.1) is 0 Å². The first-order chi connectivity index (χ1) is 10.1. The molecule has 0 saturated heterocycles. The third-order valence-corrected chi connectivity index (χ3v) is 4.28. The number of thioether (sulfide) groups is 1. The van der Waals surface area contributed by atoms with E-state index in [2.05, 4.69) is 0 Å². The van der Waals surface area contributed by atoms with Gasteiger partial charge in [-0.1, -0.05) is 48.6 Å². The Morgan fingerprint density at radius 2 is 1.76 bits per heavy atom. The van der Waals surface area contributed by atoms with Crippen LogP contribution in [0.15, 0.2) is 48.5 Å². The van der Waals surface area contributed by atoms with Crippen LogP contribution in [0.4, 0.5) is 0 Å². The number of thiocarbonyl (C=S) groups is 1. The summed E-state index contributed by atoms with van der Waals surface area (Å²) in [7, 11) is 0. The number of aromatic carboxylic acids is 1. The minimum atomic E-state index is -0.903. The van der Waals surface area contributed by atoms with Gasteiger partial charge in [-0.3, -0.25) is 0 Å². The van der Waals surface area contributed by atoms with Crippen molar-refractivity contribution in [3.63, 3.8) is 0 Å². The molecule has 0 aromatic heterocycles. The summed E-state index contributed by atoms with van der Waals surface area (Å²) in [5.74, 6) is 0.722. The van der Waals surface area contributed by atoms with Crippen LogP contribution in [0.3, 0.4) is 0 Å². The van der Waals surface area contributed by atoms with Crippen LogP contribution in [0.2, 0.25) is 0 Å². The van der Waals surface area contributed by atoms with Gasteiger partial charge >= 0.3 is 5.97 Å². The molecule has 0 amide bonds. The van der Waals surface area contributed by atoms with Crippen molar-refractivity contribution in [2.24, 2.45) is 5.73 Å². The Bertz CT molecular complexity index is 654. The molecule has 0 fully saturated rings. The Labute approximate surface area is 133 Å². The predicted molar refractivity (Wildman–Crippen MR) is 90.7 cm³/mol. The molecule has 21 heavy (non-hydrogen) atoms. The van der Waals surface area contributed by atoms with Gasteiger partial charge in [0.15, 0.2) is 0 Å². The fraction of sp³-hybridized carbons (Fsp3) is 0.125. The lowest BCUT2D eigenvalue weighted by molar-refractivity contribution is 0.0697. The van der Waals surface area contributed by atoms with Gasteiger partial charge in [-0.25, -0.2) is 4.79 Å². The summed E-state index contributed by atoms with van der Waals surface area (Å²) < 4.78 is 0. The minimum Gasteiger partial charge on any atom is -0.478 e. The van der Waals surface area contributed by atoms with Crippen LogP contribution < -0.4 is 5.73 Å². The second kappa shape index (κ2) is 7.24. The highest BCUT2D eigenvalue weighted by Crippen LogP contribution is 2.20. The quantitative estimate of drug-likeness (QED) is 0.799. The lowest BCUT2D eigenvalue weighted by Crippen LogP contribution is -2.11. The Morgan fingerprint density at radius 3 is 2.38 bits per heavy atom. The van der Waals surface area contributed by atoms with E-state index in [9.17, 15) is 4.79 Å². The van der Waals surface area contributed by atoms with Crippen LogP contribution >= 0.6 is 24.0 Å². The number of hydrogen-bond acceptors (Lipinski definition) is 3. The number of carbonyl (C=O) groups is 1. The van der Waals surface area contributed by atoms with Crippen LogP contribution in [-0.4, -0.2) is 16.1 Å². The van der Waals surface area contributed by atoms with Gasteiger partial charge in [-0.2, -0.15) is 11.8 Å². The van der Waals surface area contributed by atoms with E-state index in [1.165, 1.54) is 0 Å². The maximum Gasteiger partial charge on any atom is 0.335 e. The molecule has 108 valence electrons. The van der Waals surface area contributed by atoms with Gasteiger partial charge in [-0.05, 0) is 23.3 Å². The fourth-order valence-electron chi connectivity index (χ4n) is 1.91. The van der Waals surface area contributed by atoms with Crippen LogP contribution in [0.1, 0.15) is 27.0 Å². The van der Waals surface area contributed by atoms with E-state index < -0.39 is 5.97 Å². The minimum absolute atomic E-state index is 0.308. The van der Waals surface area contributed by atoms with Crippen molar-refractivity contribution >= 4 is 34.9 Å². The fourth-order valence-corrected chi connectivity index (χ4v) is 3.11. The standard InChI is InChI=1S/C16H15NO2S2/c17-15(20)14-4-2-1-3-13(14)10-21-9-11-5-7-12(8-6-11)16(18)19/h1-8H,9-10H2,(H2,17,20)(H,18,19). The van der Waals surface area contributed by atoms with Gasteiger partial charge < -0.3 is 10.8 Å². The average molecular weight is 317 g/mol. The van der Waals surface area contributed by atoms with Gasteiger partial charge in [0.25, 0.3) is 0 Å². The van der Waals surface area contributed by atoms with Crippen molar-refractivity contribution in [2.45, 2.75) is 11.5 Å². The van der Waals surface area contributed by atoms with Gasteiger partial charge in [-0.15, -0.1) is 0 Å². The number of carboxylic acid groups (broad SMARTS) is 1. The molecule has 0 saturated carbocycles. The van der Waals surface area contributed by atoms with E-state index in [-0.39, 0.29) is 0 Å². The number of nitrogens with two attached hydrogens (primary N) is 1. The Balaban J connectivity index is 1.95. The van der Waals surface area contributed by atoms with Crippen molar-refractivity contribution in [1.29, 1.82) is 0 Å². The lowest BCUT2D eigenvalue weighted by Gasteiger charge is -2.08. The van der Waals surface area contributed by atoms with Crippen LogP contribution in [0.5, 0.6) is 0 Å². The maximum absolute atomic E-state index is 10.8. The Morgan fingerprint density at radius 1 is 1.10 bits per heavy atom. The molecule has 0 spiro atoms. The molecule has 2 aromatic carbocycles. The van der Waals surface area contributed by atoms with Crippen molar-refractivity contribution in [3.05, 3.63) is 70.8 Å². The predicted octanol–water partition coefficient (Wildman–Crippen LogP) is 3.45. The molecule has 0 aliphatic rings. The molecule has 0 aliphatic heterocycles. The molecule has 0 bridgehead atoms. The summed E-state index contributed by atoms with van der Waals surface area (Å²) in [4.78, 5) is 11.2. The molecule has 0 radical (unpaired) electrons. The highest BCUT2D eigenvalue weighted by Gasteiger charge is 2.05. The second-order valence-corrected chi connectivity index (χ2v) is 5.94. The molecule has 0 aliphatic carbocycles. The summed E-state index contributed by atoms with van der Waals surface area (Å²) in [6, 6.07) is 14.8. The van der Waals surface area contributed by atoms with Crippen LogP contribution in [0.25, 0.3) is 0 Å². The molecular weight excluding hydrogens is 302 g/mol. The maximum atomic E-state index is 10.8. The molecule has 2 rings (SSSR count). The molecular formula is C16H15NO2S2. The van der Waals surface area contributed by atoms with E-state index in [4.69, 9.17) is 23.1 Å². The molecule has 0 atom stereocenters. The third kappa shape index (κ3) is 4.31. The first-order valence-electron chi connectivity index (χ1n) is 6.35. The average Bonchev–Trinajstić information content (AvgIpc) is 2.48. The molecule has 2 aromatic rings. The Hall–Kier alpha value is -1.85. The summed E-state index contributed by atoms with van der Waals surface area (Å²) in [5, 5.41) is 8.85. The highest BCUT2D eigenvalue weighted by molar-refractivity contribution is 7.97. The first kappa shape index (κ1) is 15.5. The number of hydrogen-bond donors (Lipinski definition) is 2. The Kier molecular flexibility index (Phi) is 5.36. The van der Waals surface area contributed by atoms with Gasteiger partial charge in [0.1, 0.15) is 4.99 Å². The van der Waals surface area contributed by atoms with Gasteiger partial charge in [0.05, 0.1) is 5.56 Å². The monoisotopic (exact) mass is 317 g/mol. The molecule has 5 heteroatoms. The molecule has 0 unspecified atom stereocenters. The van der Waals surface area contributed by atoms with E-state index in [0.717, 1.165) is 28.2 Å². The van der Waals surface area contributed by atoms with Crippen LogP contribution in [-0.2, 0) is 11.5 Å². The molecule has 3 nitrogen and oxygen atoms in total. The van der Waals surface area contributed by atoms with Crippen molar-refractivity contribution in [1.82, 2.24) is 0 Å². The van der Waals surface area contributed by atoms with E-state index in [0.29, 0.717) is 10.6 Å². The van der Waals surface area contributed by atoms with E-state index in [1.807, 2.05) is 36.4 Å². The summed E-state index contributed by atoms with van der Waals surface area (Å²) in [6.07, 6.45) is 0. The smallest absolute Gasteiger partial charge is 0.335 e. The molecule has 0 heterocycles. The summed E-state index contributed by atoms with van der Waals surface area (Å²) >= 11 is 6.79. The number of carboxylic acids is 1. The zero-order valence-corrected chi connectivity index (χ0v) is 12.9. The van der Waals surface area contributed by atoms with Crippen molar-refractivity contribution < 1.29 is 9.90 Å². The normalized spacial score (nSPS) is 10.3. The first-order valence-corrected chi connectivity index (χ1v) is 7.92. The second-order valence-electron chi connectivity index (χ2n) is 4.52. The topological polar surface area (TPSA) is 63.3 Å². The third-order valence-electron chi connectivity index (χ3n) is 3.01. The van der Waals surface area contributed by atoms with E-state index >= 15 is 0 Å². The van der Waals surface area contributed by atoms with E-state index in [1.54, 1.807) is 23.9 Å². The zero-order valence-electron chi connectivity index (χ0n) is 11.3. The van der Waals surface area contributed by atoms with Crippen molar-refractivity contribution in [2.75, 3.05) is 0 Å². The number of benzene rings is 2. The van der Waals surface area contributed by atoms with Gasteiger partial charge in [0, 0.05) is 17.1 Å². The van der Waals surface area contributed by atoms with Crippen molar-refractivity contribution in [3.8, 4) is 0 Å². The van der Waals surface area contributed by atoms with Gasteiger partial charge in [0.2, 0.25) is 0 Å². The molecule has 3 N–H and O–H groups in total. The summed E-state index contributed by atoms with van der Waals surface area (Å²) in [6.45, 7) is 0. The SMILES string of the molecule is NC(=S)c1ccccc1CSCc1ccc(C(=O)O)cc1. The summed E-state index contributed by atoms with van der Waals surface area (Å²) in [5.41, 5.74) is 9.15. The number of rotatable bonds is 6. The lowest BCUT2D eigenvalue weighted by atomic mass is 10.1. The highest BCUT2D eigenvalue weighted by atomic mass is 32.2. The zero-order chi connectivity index (χ0) is 15.2. The largest absolute Gasteiger partial charge is 0.478 e.